The first-order valence-corrected chi connectivity index (χ1v) is 4.29. The van der Waals surface area contributed by atoms with Crippen LogP contribution in [0.3, 0.4) is 0 Å². The SMILES string of the molecule is [B]OC(=O)c1nc2c(o1)CN(C)CC2. The molecule has 1 aromatic rings. The van der Waals surface area contributed by atoms with Gasteiger partial charge in [0.2, 0.25) is 0 Å². The second-order valence-electron chi connectivity index (χ2n) is 3.28. The Labute approximate surface area is 82.5 Å². The normalized spacial score (nSPS) is 16.4. The number of nitrogens with zero attached hydrogens (tertiary/aromatic N) is 2. The molecule has 0 fully saturated rings. The average Bonchev–Trinajstić information content (AvgIpc) is 2.59. The average molecular weight is 192 g/mol. The molecule has 0 spiro atoms. The highest BCUT2D eigenvalue weighted by Crippen LogP contribution is 2.18. The van der Waals surface area contributed by atoms with Gasteiger partial charge in [0.05, 0.1) is 12.2 Å². The molecule has 0 bridgehead atoms. The molecule has 0 N–H and O–H groups in total. The zero-order valence-corrected chi connectivity index (χ0v) is 7.82. The van der Waals surface area contributed by atoms with Gasteiger partial charge in [-0.05, 0) is 7.05 Å². The van der Waals surface area contributed by atoms with Crippen molar-refractivity contribution in [2.24, 2.45) is 0 Å². The summed E-state index contributed by atoms with van der Waals surface area (Å²) >= 11 is 0. The molecule has 72 valence electrons. The fourth-order valence-electron chi connectivity index (χ4n) is 1.46. The lowest BCUT2D eigenvalue weighted by Crippen LogP contribution is -2.25. The van der Waals surface area contributed by atoms with E-state index >= 15 is 0 Å². The van der Waals surface area contributed by atoms with Crippen LogP contribution in [0.5, 0.6) is 0 Å². The Morgan fingerprint density at radius 1 is 1.71 bits per heavy atom. The van der Waals surface area contributed by atoms with Crippen LogP contribution in [0.4, 0.5) is 0 Å². The summed E-state index contributed by atoms with van der Waals surface area (Å²) in [5, 5.41) is 0. The van der Waals surface area contributed by atoms with Crippen LogP contribution < -0.4 is 0 Å². The van der Waals surface area contributed by atoms with E-state index in [0.29, 0.717) is 6.54 Å². The number of fused-ring (bicyclic) bond motifs is 1. The quantitative estimate of drug-likeness (QED) is 0.581. The number of rotatable bonds is 1. The first-order valence-electron chi connectivity index (χ1n) is 4.29. The number of carbonyl (C=O) groups is 1. The van der Waals surface area contributed by atoms with E-state index in [0.717, 1.165) is 24.4 Å². The molecule has 0 saturated heterocycles. The van der Waals surface area contributed by atoms with Crippen molar-refractivity contribution >= 4 is 14.0 Å². The third-order valence-electron chi connectivity index (χ3n) is 2.20. The van der Waals surface area contributed by atoms with Crippen molar-refractivity contribution in [2.75, 3.05) is 13.6 Å². The fraction of sp³-hybridized carbons (Fsp3) is 0.500. The molecule has 1 aliphatic rings. The number of carbonyl (C=O) groups excluding carboxylic acids is 1. The van der Waals surface area contributed by atoms with E-state index in [4.69, 9.17) is 12.5 Å². The molecule has 2 heterocycles. The summed E-state index contributed by atoms with van der Waals surface area (Å²) in [6, 6.07) is 0. The minimum Gasteiger partial charge on any atom is -0.536 e. The molecule has 1 aliphatic heterocycles. The summed E-state index contributed by atoms with van der Waals surface area (Å²) in [6.45, 7) is 1.58. The van der Waals surface area contributed by atoms with Crippen molar-refractivity contribution in [1.29, 1.82) is 0 Å². The lowest BCUT2D eigenvalue weighted by Gasteiger charge is -2.19. The summed E-state index contributed by atoms with van der Waals surface area (Å²) < 4.78 is 9.25. The standard InChI is InChI=1S/C8H9BN2O3/c1-11-3-2-5-6(4-11)13-7(10-5)8(12)14-9/h2-4H2,1H3. The summed E-state index contributed by atoms with van der Waals surface area (Å²) in [5.74, 6) is -0.0750. The van der Waals surface area contributed by atoms with Crippen LogP contribution in [0.2, 0.25) is 0 Å². The highest BCUT2D eigenvalue weighted by molar-refractivity contribution is 6.08. The van der Waals surface area contributed by atoms with Crippen molar-refractivity contribution in [3.05, 3.63) is 17.3 Å². The van der Waals surface area contributed by atoms with Gasteiger partial charge in [0.15, 0.2) is 0 Å². The summed E-state index contributed by atoms with van der Waals surface area (Å²) in [7, 11) is 6.71. The predicted octanol–water partition coefficient (Wildman–Crippen LogP) is -0.0972. The van der Waals surface area contributed by atoms with Gasteiger partial charge in [0.25, 0.3) is 0 Å². The number of hydrogen-bond donors (Lipinski definition) is 0. The molecule has 0 atom stereocenters. The van der Waals surface area contributed by atoms with Gasteiger partial charge in [0.1, 0.15) is 5.76 Å². The number of likely N-dealkylation sites (N-methyl/N-ethyl adjacent to an activating group) is 1. The Hall–Kier alpha value is -1.30. The van der Waals surface area contributed by atoms with E-state index in [9.17, 15) is 4.79 Å². The van der Waals surface area contributed by atoms with Gasteiger partial charge in [-0.25, -0.2) is 9.78 Å². The van der Waals surface area contributed by atoms with E-state index in [1.807, 2.05) is 7.05 Å². The molecule has 0 aliphatic carbocycles. The van der Waals surface area contributed by atoms with Gasteiger partial charge in [-0.3, -0.25) is 4.90 Å². The minimum atomic E-state index is -0.734. The zero-order chi connectivity index (χ0) is 10.1. The van der Waals surface area contributed by atoms with Crippen molar-refractivity contribution in [3.8, 4) is 0 Å². The molecule has 0 saturated carbocycles. The Kier molecular flexibility index (Phi) is 2.29. The highest BCUT2D eigenvalue weighted by atomic mass is 16.5. The van der Waals surface area contributed by atoms with Crippen LogP contribution in [0, 0.1) is 0 Å². The predicted molar refractivity (Wildman–Crippen MR) is 47.7 cm³/mol. The first-order chi connectivity index (χ1) is 6.70. The van der Waals surface area contributed by atoms with Crippen LogP contribution in [-0.2, 0) is 17.6 Å². The summed E-state index contributed by atoms with van der Waals surface area (Å²) in [5.41, 5.74) is 0.823. The lowest BCUT2D eigenvalue weighted by molar-refractivity contribution is 0.0704. The van der Waals surface area contributed by atoms with E-state index in [1.54, 1.807) is 0 Å². The van der Waals surface area contributed by atoms with E-state index in [1.165, 1.54) is 0 Å². The Balaban J connectivity index is 2.27. The zero-order valence-electron chi connectivity index (χ0n) is 7.82. The molecule has 6 heteroatoms. The molecule has 2 radical (unpaired) electrons. The second-order valence-corrected chi connectivity index (χ2v) is 3.28. The molecule has 1 aromatic heterocycles. The molecular formula is C8H9BN2O3. The molecule has 2 rings (SSSR count). The van der Waals surface area contributed by atoms with Crippen LogP contribution in [0.1, 0.15) is 22.1 Å². The van der Waals surface area contributed by atoms with Gasteiger partial charge >= 0.3 is 19.9 Å². The highest BCUT2D eigenvalue weighted by Gasteiger charge is 2.23. The number of aromatic nitrogens is 1. The molecule has 0 unspecified atom stereocenters. The van der Waals surface area contributed by atoms with Crippen molar-refractivity contribution in [2.45, 2.75) is 13.0 Å². The molecule has 0 aromatic carbocycles. The molecule has 14 heavy (non-hydrogen) atoms. The number of hydrogen-bond acceptors (Lipinski definition) is 5. The maximum absolute atomic E-state index is 11.0. The van der Waals surface area contributed by atoms with Crippen LogP contribution >= 0.6 is 0 Å². The Bertz CT molecular complexity index is 363. The number of oxazole rings is 1. The van der Waals surface area contributed by atoms with Crippen molar-refractivity contribution in [3.63, 3.8) is 0 Å². The van der Waals surface area contributed by atoms with Crippen molar-refractivity contribution in [1.82, 2.24) is 9.88 Å². The maximum atomic E-state index is 11.0. The monoisotopic (exact) mass is 192 g/mol. The van der Waals surface area contributed by atoms with E-state index in [-0.39, 0.29) is 5.89 Å². The molecule has 5 nitrogen and oxygen atoms in total. The molecule has 0 amide bonds. The van der Waals surface area contributed by atoms with Gasteiger partial charge in [-0.1, -0.05) is 0 Å². The van der Waals surface area contributed by atoms with Gasteiger partial charge < -0.3 is 9.07 Å². The van der Waals surface area contributed by atoms with E-state index in [2.05, 4.69) is 14.5 Å². The fourth-order valence-corrected chi connectivity index (χ4v) is 1.46. The smallest absolute Gasteiger partial charge is 0.379 e. The lowest BCUT2D eigenvalue weighted by atomic mass is 10.2. The Morgan fingerprint density at radius 3 is 3.21 bits per heavy atom. The summed E-state index contributed by atoms with van der Waals surface area (Å²) in [4.78, 5) is 17.1. The maximum Gasteiger partial charge on any atom is 0.379 e. The third kappa shape index (κ3) is 1.53. The van der Waals surface area contributed by atoms with Gasteiger partial charge in [0, 0.05) is 13.0 Å². The molecular weight excluding hydrogens is 183 g/mol. The third-order valence-corrected chi connectivity index (χ3v) is 2.20. The Morgan fingerprint density at radius 2 is 2.50 bits per heavy atom. The van der Waals surface area contributed by atoms with Crippen LogP contribution in [0.15, 0.2) is 4.42 Å². The van der Waals surface area contributed by atoms with Crippen LogP contribution in [0.25, 0.3) is 0 Å². The van der Waals surface area contributed by atoms with Crippen molar-refractivity contribution < 1.29 is 13.9 Å². The van der Waals surface area contributed by atoms with E-state index < -0.39 is 5.97 Å². The second kappa shape index (κ2) is 3.45. The van der Waals surface area contributed by atoms with Crippen LogP contribution in [-0.4, -0.2) is 37.5 Å². The minimum absolute atomic E-state index is 0.0622. The summed E-state index contributed by atoms with van der Waals surface area (Å²) in [6.07, 6.45) is 0.785. The first kappa shape index (κ1) is 9.27. The van der Waals surface area contributed by atoms with Gasteiger partial charge in [-0.2, -0.15) is 0 Å². The largest absolute Gasteiger partial charge is 0.536 e. The topological polar surface area (TPSA) is 55.6 Å². The van der Waals surface area contributed by atoms with Gasteiger partial charge in [-0.15, -0.1) is 0 Å².